The molecule has 1 aromatic carbocycles. The van der Waals surface area contributed by atoms with Crippen LogP contribution in [0.25, 0.3) is 0 Å². The van der Waals surface area contributed by atoms with Crippen molar-refractivity contribution in [3.05, 3.63) is 51.7 Å². The maximum Gasteiger partial charge on any atom is 0.124 e. The zero-order valence-corrected chi connectivity index (χ0v) is 11.7. The van der Waals surface area contributed by atoms with Crippen LogP contribution >= 0.6 is 11.3 Å². The molecule has 0 aliphatic carbocycles. The molecule has 0 saturated heterocycles. The van der Waals surface area contributed by atoms with E-state index in [9.17, 15) is 0 Å². The number of nitrogens with two attached hydrogens (primary N) is 1. The molecule has 2 rings (SSSR count). The van der Waals surface area contributed by atoms with Gasteiger partial charge in [-0.05, 0) is 47.9 Å². The lowest BCUT2D eigenvalue weighted by Gasteiger charge is -2.14. The highest BCUT2D eigenvalue weighted by Crippen LogP contribution is 2.25. The molecule has 1 atom stereocenters. The van der Waals surface area contributed by atoms with Crippen molar-refractivity contribution in [3.63, 3.8) is 0 Å². The normalized spacial score (nSPS) is 12.4. The molecule has 1 aromatic heterocycles. The number of aryl methyl sites for hydroxylation is 1. The van der Waals surface area contributed by atoms with Gasteiger partial charge in [-0.25, -0.2) is 0 Å². The van der Waals surface area contributed by atoms with E-state index in [-0.39, 0.29) is 6.04 Å². The van der Waals surface area contributed by atoms with E-state index < -0.39 is 0 Å². The van der Waals surface area contributed by atoms with Crippen molar-refractivity contribution in [2.75, 3.05) is 6.61 Å². The Kier molecular flexibility index (Phi) is 4.39. The molecule has 0 spiro atoms. The van der Waals surface area contributed by atoms with Crippen LogP contribution in [0.3, 0.4) is 0 Å². The van der Waals surface area contributed by atoms with E-state index in [1.54, 1.807) is 11.3 Å². The average molecular weight is 261 g/mol. The third kappa shape index (κ3) is 3.34. The molecule has 0 radical (unpaired) electrons. The van der Waals surface area contributed by atoms with E-state index in [0.29, 0.717) is 6.61 Å². The molecule has 0 amide bonds. The molecule has 0 aliphatic rings. The first-order chi connectivity index (χ1) is 8.66. The molecule has 0 unspecified atom stereocenters. The Bertz CT molecular complexity index is 491. The predicted molar refractivity (Wildman–Crippen MR) is 77.3 cm³/mol. The number of ether oxygens (including phenoxy) is 1. The topological polar surface area (TPSA) is 35.2 Å². The van der Waals surface area contributed by atoms with E-state index >= 15 is 0 Å². The monoisotopic (exact) mass is 261 g/mol. The second-order valence-corrected chi connectivity index (χ2v) is 5.34. The van der Waals surface area contributed by atoms with Gasteiger partial charge in [-0.2, -0.15) is 11.3 Å². The molecule has 18 heavy (non-hydrogen) atoms. The van der Waals surface area contributed by atoms with E-state index in [2.05, 4.69) is 41.9 Å². The van der Waals surface area contributed by atoms with Gasteiger partial charge in [-0.15, -0.1) is 0 Å². The maximum absolute atomic E-state index is 5.95. The first-order valence-electron chi connectivity index (χ1n) is 6.17. The Morgan fingerprint density at radius 2 is 2.17 bits per heavy atom. The first kappa shape index (κ1) is 13.1. The van der Waals surface area contributed by atoms with E-state index in [4.69, 9.17) is 10.5 Å². The number of hydrogen-bond donors (Lipinski definition) is 1. The smallest absolute Gasteiger partial charge is 0.124 e. The summed E-state index contributed by atoms with van der Waals surface area (Å²) < 4.78 is 5.88. The fourth-order valence-corrected chi connectivity index (χ4v) is 2.56. The van der Waals surface area contributed by atoms with Crippen molar-refractivity contribution >= 4 is 11.3 Å². The molecular weight excluding hydrogens is 242 g/mol. The molecule has 2 N–H and O–H groups in total. The second kappa shape index (κ2) is 6.03. The zero-order chi connectivity index (χ0) is 13.0. The summed E-state index contributed by atoms with van der Waals surface area (Å²) in [5.74, 6) is 0.917. The lowest BCUT2D eigenvalue weighted by Crippen LogP contribution is -2.09. The second-order valence-electron chi connectivity index (χ2n) is 4.56. The van der Waals surface area contributed by atoms with Crippen molar-refractivity contribution in [2.24, 2.45) is 5.73 Å². The first-order valence-corrected chi connectivity index (χ1v) is 7.11. The summed E-state index contributed by atoms with van der Waals surface area (Å²) in [4.78, 5) is 0. The highest BCUT2D eigenvalue weighted by atomic mass is 32.1. The van der Waals surface area contributed by atoms with Crippen molar-refractivity contribution in [1.29, 1.82) is 0 Å². The molecular formula is C15H19NOS. The molecule has 3 heteroatoms. The number of hydrogen-bond acceptors (Lipinski definition) is 3. The van der Waals surface area contributed by atoms with Crippen LogP contribution in [0, 0.1) is 6.92 Å². The molecule has 2 nitrogen and oxygen atoms in total. The standard InChI is InChI=1S/C15H19NOS/c1-11-3-4-14(12(2)16)15(9-11)17-7-5-13-6-8-18-10-13/h3-4,6,8-10,12H,5,7,16H2,1-2H3/t12-/m1/s1. The van der Waals surface area contributed by atoms with Crippen molar-refractivity contribution < 1.29 is 4.74 Å². The Morgan fingerprint density at radius 1 is 1.33 bits per heavy atom. The van der Waals surface area contributed by atoms with Gasteiger partial charge in [0.05, 0.1) is 6.61 Å². The summed E-state index contributed by atoms with van der Waals surface area (Å²) in [6.07, 6.45) is 0.940. The summed E-state index contributed by atoms with van der Waals surface area (Å²) in [6, 6.07) is 8.33. The van der Waals surface area contributed by atoms with Gasteiger partial charge in [0.2, 0.25) is 0 Å². The highest BCUT2D eigenvalue weighted by Gasteiger charge is 2.08. The van der Waals surface area contributed by atoms with Crippen LogP contribution in [0.4, 0.5) is 0 Å². The van der Waals surface area contributed by atoms with Gasteiger partial charge >= 0.3 is 0 Å². The van der Waals surface area contributed by atoms with Crippen LogP contribution in [0.15, 0.2) is 35.0 Å². The quantitative estimate of drug-likeness (QED) is 0.890. The lowest BCUT2D eigenvalue weighted by molar-refractivity contribution is 0.317. The Balaban J connectivity index is 2.01. The van der Waals surface area contributed by atoms with Gasteiger partial charge in [0.15, 0.2) is 0 Å². The average Bonchev–Trinajstić information content (AvgIpc) is 2.82. The van der Waals surface area contributed by atoms with Crippen LogP contribution in [-0.2, 0) is 6.42 Å². The molecule has 2 aromatic rings. The van der Waals surface area contributed by atoms with Crippen LogP contribution in [0.2, 0.25) is 0 Å². The number of benzene rings is 1. The zero-order valence-electron chi connectivity index (χ0n) is 10.8. The summed E-state index contributed by atoms with van der Waals surface area (Å²) >= 11 is 1.72. The highest BCUT2D eigenvalue weighted by molar-refractivity contribution is 7.07. The fraction of sp³-hybridized carbons (Fsp3) is 0.333. The van der Waals surface area contributed by atoms with Gasteiger partial charge in [0.25, 0.3) is 0 Å². The summed E-state index contributed by atoms with van der Waals surface area (Å²) in [7, 11) is 0. The van der Waals surface area contributed by atoms with Crippen molar-refractivity contribution in [3.8, 4) is 5.75 Å². The van der Waals surface area contributed by atoms with Crippen LogP contribution in [0.1, 0.15) is 29.7 Å². The lowest BCUT2D eigenvalue weighted by atomic mass is 10.1. The van der Waals surface area contributed by atoms with Crippen LogP contribution < -0.4 is 10.5 Å². The Labute approximate surface area is 112 Å². The van der Waals surface area contributed by atoms with E-state index in [1.807, 2.05) is 6.92 Å². The van der Waals surface area contributed by atoms with Crippen LogP contribution in [-0.4, -0.2) is 6.61 Å². The van der Waals surface area contributed by atoms with Crippen LogP contribution in [0.5, 0.6) is 5.75 Å². The minimum atomic E-state index is 0.00162. The number of rotatable bonds is 5. The molecule has 0 bridgehead atoms. The molecule has 96 valence electrons. The molecule has 0 saturated carbocycles. The Hall–Kier alpha value is -1.32. The maximum atomic E-state index is 5.95. The van der Waals surface area contributed by atoms with Crippen molar-refractivity contribution in [1.82, 2.24) is 0 Å². The van der Waals surface area contributed by atoms with Gasteiger partial charge in [0.1, 0.15) is 5.75 Å². The van der Waals surface area contributed by atoms with Gasteiger partial charge in [-0.1, -0.05) is 12.1 Å². The largest absolute Gasteiger partial charge is 0.493 e. The summed E-state index contributed by atoms with van der Waals surface area (Å²) in [6.45, 7) is 4.74. The van der Waals surface area contributed by atoms with Gasteiger partial charge in [-0.3, -0.25) is 0 Å². The van der Waals surface area contributed by atoms with E-state index in [0.717, 1.165) is 17.7 Å². The van der Waals surface area contributed by atoms with E-state index in [1.165, 1.54) is 11.1 Å². The Morgan fingerprint density at radius 3 is 2.83 bits per heavy atom. The minimum absolute atomic E-state index is 0.00162. The predicted octanol–water partition coefficient (Wildman–Crippen LogP) is 3.70. The SMILES string of the molecule is Cc1ccc([C@@H](C)N)c(OCCc2ccsc2)c1. The third-order valence-electron chi connectivity index (χ3n) is 2.89. The fourth-order valence-electron chi connectivity index (χ4n) is 1.86. The summed E-state index contributed by atoms with van der Waals surface area (Å²) in [5, 5.41) is 4.25. The molecule has 0 fully saturated rings. The summed E-state index contributed by atoms with van der Waals surface area (Å²) in [5.41, 5.74) is 9.56. The third-order valence-corrected chi connectivity index (χ3v) is 3.62. The molecule has 1 heterocycles. The molecule has 0 aliphatic heterocycles. The van der Waals surface area contributed by atoms with Crippen molar-refractivity contribution in [2.45, 2.75) is 26.3 Å². The minimum Gasteiger partial charge on any atom is -0.493 e. The van der Waals surface area contributed by atoms with Gasteiger partial charge < -0.3 is 10.5 Å². The van der Waals surface area contributed by atoms with Gasteiger partial charge in [0, 0.05) is 18.0 Å². The number of thiophene rings is 1.